The zero-order valence-electron chi connectivity index (χ0n) is 9.02. The lowest BCUT2D eigenvalue weighted by Crippen LogP contribution is -2.24. The normalized spacial score (nSPS) is 20.6. The Morgan fingerprint density at radius 2 is 2.27 bits per heavy atom. The van der Waals surface area contributed by atoms with Gasteiger partial charge in [-0.1, -0.05) is 24.3 Å². The maximum atomic E-state index is 6.15. The third kappa shape index (κ3) is 2.05. The highest BCUT2D eigenvalue weighted by molar-refractivity contribution is 5.56. The van der Waals surface area contributed by atoms with E-state index in [0.29, 0.717) is 0 Å². The van der Waals surface area contributed by atoms with Gasteiger partial charge in [0.15, 0.2) is 0 Å². The molecular formula is C13H18N2. The largest absolute Gasteiger partial charge is 0.368 e. The van der Waals surface area contributed by atoms with Crippen molar-refractivity contribution in [2.75, 3.05) is 18.0 Å². The second kappa shape index (κ2) is 4.49. The third-order valence-corrected chi connectivity index (χ3v) is 2.97. The van der Waals surface area contributed by atoms with E-state index >= 15 is 0 Å². The number of nitrogens with two attached hydrogens (primary N) is 1. The minimum Gasteiger partial charge on any atom is -0.368 e. The Kier molecular flexibility index (Phi) is 3.07. The lowest BCUT2D eigenvalue weighted by Gasteiger charge is -2.23. The molecule has 0 saturated carbocycles. The molecule has 0 bridgehead atoms. The van der Waals surface area contributed by atoms with Crippen molar-refractivity contribution in [2.45, 2.75) is 18.9 Å². The standard InChI is InChI=1S/C13H18N2/c1-2-9-15-10-5-7-12(14)11-6-3-4-8-13(11)15/h2-4,6,8,12H,1,5,7,9-10,14H2. The fraction of sp³-hybridized carbons (Fsp3) is 0.385. The highest BCUT2D eigenvalue weighted by atomic mass is 15.1. The van der Waals surface area contributed by atoms with Gasteiger partial charge in [0.05, 0.1) is 0 Å². The molecule has 15 heavy (non-hydrogen) atoms. The Balaban J connectivity index is 2.38. The van der Waals surface area contributed by atoms with Crippen LogP contribution in [-0.4, -0.2) is 13.1 Å². The predicted molar refractivity (Wildman–Crippen MR) is 65.0 cm³/mol. The van der Waals surface area contributed by atoms with E-state index in [0.717, 1.165) is 25.9 Å². The minimum absolute atomic E-state index is 0.191. The molecule has 1 aromatic carbocycles. The number of nitrogens with zero attached hydrogens (tertiary/aromatic N) is 1. The molecule has 0 saturated heterocycles. The van der Waals surface area contributed by atoms with Crippen molar-refractivity contribution in [1.29, 1.82) is 0 Å². The van der Waals surface area contributed by atoms with Crippen LogP contribution in [0.5, 0.6) is 0 Å². The molecule has 2 nitrogen and oxygen atoms in total. The molecule has 1 aromatic rings. The van der Waals surface area contributed by atoms with Crippen molar-refractivity contribution in [1.82, 2.24) is 0 Å². The smallest absolute Gasteiger partial charge is 0.0417 e. The van der Waals surface area contributed by atoms with E-state index in [9.17, 15) is 0 Å². The van der Waals surface area contributed by atoms with E-state index in [2.05, 4.69) is 35.7 Å². The van der Waals surface area contributed by atoms with Crippen LogP contribution in [0.4, 0.5) is 5.69 Å². The first kappa shape index (κ1) is 10.2. The van der Waals surface area contributed by atoms with Gasteiger partial charge in [-0.3, -0.25) is 0 Å². The summed E-state index contributed by atoms with van der Waals surface area (Å²) in [6.45, 7) is 5.79. The average Bonchev–Trinajstić information content (AvgIpc) is 2.41. The summed E-state index contributed by atoms with van der Waals surface area (Å²) in [7, 11) is 0. The van der Waals surface area contributed by atoms with E-state index in [1.54, 1.807) is 0 Å². The summed E-state index contributed by atoms with van der Waals surface area (Å²) in [6, 6.07) is 8.63. The zero-order chi connectivity index (χ0) is 10.7. The van der Waals surface area contributed by atoms with Crippen LogP contribution in [0.15, 0.2) is 36.9 Å². The van der Waals surface area contributed by atoms with Gasteiger partial charge in [0.2, 0.25) is 0 Å². The molecule has 0 fully saturated rings. The van der Waals surface area contributed by atoms with Crippen LogP contribution in [0.1, 0.15) is 24.4 Å². The van der Waals surface area contributed by atoms with Crippen LogP contribution in [0, 0.1) is 0 Å². The van der Waals surface area contributed by atoms with Crippen LogP contribution >= 0.6 is 0 Å². The monoisotopic (exact) mass is 202 g/mol. The third-order valence-electron chi connectivity index (χ3n) is 2.97. The second-order valence-electron chi connectivity index (χ2n) is 4.04. The van der Waals surface area contributed by atoms with Crippen molar-refractivity contribution in [3.8, 4) is 0 Å². The van der Waals surface area contributed by atoms with Gasteiger partial charge in [-0.05, 0) is 24.5 Å². The highest BCUT2D eigenvalue weighted by Crippen LogP contribution is 2.30. The molecule has 0 aliphatic carbocycles. The topological polar surface area (TPSA) is 29.3 Å². The van der Waals surface area contributed by atoms with Crippen LogP contribution in [-0.2, 0) is 0 Å². The lowest BCUT2D eigenvalue weighted by atomic mass is 10.0. The maximum absolute atomic E-state index is 6.15. The van der Waals surface area contributed by atoms with Gasteiger partial charge < -0.3 is 10.6 Å². The molecule has 1 aliphatic heterocycles. The van der Waals surface area contributed by atoms with E-state index in [1.165, 1.54) is 11.3 Å². The molecule has 2 N–H and O–H groups in total. The maximum Gasteiger partial charge on any atom is 0.0417 e. The van der Waals surface area contributed by atoms with Gasteiger partial charge in [0.25, 0.3) is 0 Å². The van der Waals surface area contributed by atoms with Crippen LogP contribution in [0.25, 0.3) is 0 Å². The molecule has 1 heterocycles. The average molecular weight is 202 g/mol. The molecule has 1 unspecified atom stereocenters. The number of benzene rings is 1. The first-order chi connectivity index (χ1) is 7.33. The molecular weight excluding hydrogens is 184 g/mol. The lowest BCUT2D eigenvalue weighted by molar-refractivity contribution is 0.631. The van der Waals surface area contributed by atoms with Gasteiger partial charge in [0, 0.05) is 24.8 Å². The molecule has 1 atom stereocenters. The Hall–Kier alpha value is -1.28. The molecule has 2 heteroatoms. The van der Waals surface area contributed by atoms with Crippen molar-refractivity contribution in [3.63, 3.8) is 0 Å². The number of hydrogen-bond donors (Lipinski definition) is 1. The molecule has 0 amide bonds. The van der Waals surface area contributed by atoms with E-state index in [4.69, 9.17) is 5.73 Å². The molecule has 0 spiro atoms. The fourth-order valence-electron chi connectivity index (χ4n) is 2.21. The summed E-state index contributed by atoms with van der Waals surface area (Å²) in [5.41, 5.74) is 8.71. The SMILES string of the molecule is C=CCN1CCCC(N)c2ccccc21. The second-order valence-corrected chi connectivity index (χ2v) is 4.04. The Bertz CT molecular complexity index is 346. The Morgan fingerprint density at radius 1 is 1.47 bits per heavy atom. The van der Waals surface area contributed by atoms with E-state index < -0.39 is 0 Å². The van der Waals surface area contributed by atoms with Gasteiger partial charge in [-0.2, -0.15) is 0 Å². The quantitative estimate of drug-likeness (QED) is 0.746. The first-order valence-electron chi connectivity index (χ1n) is 5.53. The molecule has 80 valence electrons. The van der Waals surface area contributed by atoms with Gasteiger partial charge in [0.1, 0.15) is 0 Å². The Morgan fingerprint density at radius 3 is 3.07 bits per heavy atom. The number of fused-ring (bicyclic) bond motifs is 1. The summed E-state index contributed by atoms with van der Waals surface area (Å²) in [5, 5.41) is 0. The van der Waals surface area contributed by atoms with E-state index in [1.807, 2.05) is 6.08 Å². The van der Waals surface area contributed by atoms with Gasteiger partial charge in [-0.15, -0.1) is 6.58 Å². The minimum atomic E-state index is 0.191. The summed E-state index contributed by atoms with van der Waals surface area (Å²) in [6.07, 6.45) is 4.18. The van der Waals surface area contributed by atoms with E-state index in [-0.39, 0.29) is 6.04 Å². The van der Waals surface area contributed by atoms with Crippen LogP contribution in [0.3, 0.4) is 0 Å². The van der Waals surface area contributed by atoms with Crippen LogP contribution < -0.4 is 10.6 Å². The summed E-state index contributed by atoms with van der Waals surface area (Å²) in [4.78, 5) is 2.36. The molecule has 0 aromatic heterocycles. The summed E-state index contributed by atoms with van der Waals surface area (Å²) in [5.74, 6) is 0. The van der Waals surface area contributed by atoms with Crippen molar-refractivity contribution >= 4 is 5.69 Å². The number of anilines is 1. The predicted octanol–water partition coefficient (Wildman–Crippen LogP) is 2.47. The van der Waals surface area contributed by atoms with Crippen molar-refractivity contribution < 1.29 is 0 Å². The molecule has 2 rings (SSSR count). The summed E-state index contributed by atoms with van der Waals surface area (Å²) < 4.78 is 0. The van der Waals surface area contributed by atoms with Crippen molar-refractivity contribution in [3.05, 3.63) is 42.5 Å². The highest BCUT2D eigenvalue weighted by Gasteiger charge is 2.18. The van der Waals surface area contributed by atoms with Crippen LogP contribution in [0.2, 0.25) is 0 Å². The first-order valence-corrected chi connectivity index (χ1v) is 5.53. The fourth-order valence-corrected chi connectivity index (χ4v) is 2.21. The van der Waals surface area contributed by atoms with Crippen molar-refractivity contribution in [2.24, 2.45) is 5.73 Å². The number of hydrogen-bond acceptors (Lipinski definition) is 2. The summed E-state index contributed by atoms with van der Waals surface area (Å²) >= 11 is 0. The Labute approximate surface area is 91.4 Å². The zero-order valence-corrected chi connectivity index (χ0v) is 9.02. The van der Waals surface area contributed by atoms with Gasteiger partial charge in [-0.25, -0.2) is 0 Å². The number of para-hydroxylation sites is 1. The molecule has 1 aliphatic rings. The van der Waals surface area contributed by atoms with Gasteiger partial charge >= 0.3 is 0 Å². The molecule has 0 radical (unpaired) electrons. The number of rotatable bonds is 2.